The van der Waals surface area contributed by atoms with Gasteiger partial charge in [-0.25, -0.2) is 0 Å². The van der Waals surface area contributed by atoms with E-state index in [4.69, 9.17) is 15.0 Å². The van der Waals surface area contributed by atoms with Gasteiger partial charge < -0.3 is 20.3 Å². The van der Waals surface area contributed by atoms with Crippen molar-refractivity contribution in [3.63, 3.8) is 0 Å². The molecule has 8 heteroatoms. The van der Waals surface area contributed by atoms with E-state index >= 15 is 0 Å². The number of ether oxygens (including phenoxy) is 1. The van der Waals surface area contributed by atoms with Gasteiger partial charge in [-0.1, -0.05) is 30.1 Å². The molecule has 1 fully saturated rings. The van der Waals surface area contributed by atoms with Crippen molar-refractivity contribution in [2.75, 3.05) is 0 Å². The smallest absolute Gasteiger partial charge is 0.316 e. The summed E-state index contributed by atoms with van der Waals surface area (Å²) < 4.78 is 10.5. The van der Waals surface area contributed by atoms with Crippen molar-refractivity contribution in [1.29, 1.82) is 0 Å². The number of hydrogen-bond acceptors (Lipinski definition) is 6. The first-order valence-electron chi connectivity index (χ1n) is 8.23. The molecule has 3 N–H and O–H groups in total. The molecule has 1 aromatic carbocycles. The second kappa shape index (κ2) is 7.78. The SMILES string of the molecule is NC(=O)Cc1ccc(OCc2noc(C(=O)NC3CCCC3)n2)cc1. The van der Waals surface area contributed by atoms with E-state index in [2.05, 4.69) is 15.5 Å². The molecule has 132 valence electrons. The van der Waals surface area contributed by atoms with Crippen LogP contribution in [0.5, 0.6) is 5.75 Å². The number of carbonyl (C=O) groups excluding carboxylic acids is 2. The van der Waals surface area contributed by atoms with E-state index in [9.17, 15) is 9.59 Å². The molecule has 0 atom stereocenters. The lowest BCUT2D eigenvalue weighted by molar-refractivity contribution is -0.117. The Hall–Kier alpha value is -2.90. The quantitative estimate of drug-likeness (QED) is 0.782. The average Bonchev–Trinajstić information content (AvgIpc) is 3.25. The number of benzene rings is 1. The summed E-state index contributed by atoms with van der Waals surface area (Å²) in [6.07, 6.45) is 4.42. The van der Waals surface area contributed by atoms with Crippen molar-refractivity contribution < 1.29 is 18.8 Å². The van der Waals surface area contributed by atoms with E-state index in [0.29, 0.717) is 5.75 Å². The van der Waals surface area contributed by atoms with Gasteiger partial charge in [-0.3, -0.25) is 9.59 Å². The van der Waals surface area contributed by atoms with E-state index in [1.807, 2.05) is 0 Å². The molecule has 0 radical (unpaired) electrons. The van der Waals surface area contributed by atoms with Crippen molar-refractivity contribution in [3.8, 4) is 5.75 Å². The van der Waals surface area contributed by atoms with Gasteiger partial charge in [0.05, 0.1) is 6.42 Å². The number of hydrogen-bond donors (Lipinski definition) is 2. The Balaban J connectivity index is 1.51. The lowest BCUT2D eigenvalue weighted by atomic mass is 10.1. The highest BCUT2D eigenvalue weighted by Gasteiger charge is 2.21. The van der Waals surface area contributed by atoms with Gasteiger partial charge in [0.25, 0.3) is 0 Å². The molecule has 1 aromatic heterocycles. The summed E-state index contributed by atoms with van der Waals surface area (Å²) in [7, 11) is 0. The second-order valence-electron chi connectivity index (χ2n) is 6.05. The molecule has 3 rings (SSSR count). The molecule has 0 aliphatic heterocycles. The highest BCUT2D eigenvalue weighted by Crippen LogP contribution is 2.18. The van der Waals surface area contributed by atoms with Gasteiger partial charge >= 0.3 is 11.8 Å². The largest absolute Gasteiger partial charge is 0.485 e. The van der Waals surface area contributed by atoms with Crippen LogP contribution >= 0.6 is 0 Å². The van der Waals surface area contributed by atoms with Crippen LogP contribution in [0.3, 0.4) is 0 Å². The van der Waals surface area contributed by atoms with E-state index in [1.54, 1.807) is 24.3 Å². The summed E-state index contributed by atoms with van der Waals surface area (Å²) in [4.78, 5) is 26.9. The highest BCUT2D eigenvalue weighted by molar-refractivity contribution is 5.89. The lowest BCUT2D eigenvalue weighted by Crippen LogP contribution is -2.32. The third-order valence-corrected chi connectivity index (χ3v) is 4.02. The molecule has 25 heavy (non-hydrogen) atoms. The van der Waals surface area contributed by atoms with E-state index in [1.165, 1.54) is 0 Å². The van der Waals surface area contributed by atoms with E-state index in [-0.39, 0.29) is 42.6 Å². The van der Waals surface area contributed by atoms with Crippen molar-refractivity contribution in [2.24, 2.45) is 5.73 Å². The summed E-state index contributed by atoms with van der Waals surface area (Å²) in [5.74, 6) is 0.0976. The van der Waals surface area contributed by atoms with Crippen LogP contribution < -0.4 is 15.8 Å². The Morgan fingerprint density at radius 1 is 1.24 bits per heavy atom. The Morgan fingerprint density at radius 2 is 1.96 bits per heavy atom. The number of nitrogens with one attached hydrogen (secondary N) is 1. The van der Waals surface area contributed by atoms with Gasteiger partial charge in [0.2, 0.25) is 11.7 Å². The Morgan fingerprint density at radius 3 is 2.64 bits per heavy atom. The number of aromatic nitrogens is 2. The van der Waals surface area contributed by atoms with Crippen LogP contribution in [-0.4, -0.2) is 28.0 Å². The first-order chi connectivity index (χ1) is 12.1. The third kappa shape index (κ3) is 4.79. The fraction of sp³-hybridized carbons (Fsp3) is 0.412. The third-order valence-electron chi connectivity index (χ3n) is 4.02. The first kappa shape index (κ1) is 16.9. The van der Waals surface area contributed by atoms with Crippen LogP contribution in [-0.2, 0) is 17.8 Å². The van der Waals surface area contributed by atoms with Crippen LogP contribution in [0.2, 0.25) is 0 Å². The molecule has 0 unspecified atom stereocenters. The molecule has 8 nitrogen and oxygen atoms in total. The fourth-order valence-electron chi connectivity index (χ4n) is 2.77. The minimum atomic E-state index is -0.385. The number of amides is 2. The molecule has 1 aliphatic rings. The molecule has 0 bridgehead atoms. The standard InChI is InChI=1S/C17H20N4O4/c18-14(22)9-11-5-7-13(8-6-11)24-10-15-20-17(25-21-15)16(23)19-12-3-1-2-4-12/h5-8,12H,1-4,9-10H2,(H2,18,22)(H,19,23). The summed E-state index contributed by atoms with van der Waals surface area (Å²) in [5, 5.41) is 6.64. The molecule has 1 heterocycles. The van der Waals surface area contributed by atoms with E-state index < -0.39 is 0 Å². The average molecular weight is 344 g/mol. The van der Waals surface area contributed by atoms with E-state index in [0.717, 1.165) is 31.2 Å². The summed E-state index contributed by atoms with van der Waals surface area (Å²) in [6.45, 7) is 0.0787. The van der Waals surface area contributed by atoms with Crippen molar-refractivity contribution in [2.45, 2.75) is 44.8 Å². The molecule has 2 amide bonds. The van der Waals surface area contributed by atoms with Crippen LogP contribution in [0.4, 0.5) is 0 Å². The Bertz CT molecular complexity index is 735. The van der Waals surface area contributed by atoms with Gasteiger partial charge in [-0.05, 0) is 30.5 Å². The topological polar surface area (TPSA) is 120 Å². The van der Waals surface area contributed by atoms with Crippen molar-refractivity contribution >= 4 is 11.8 Å². The van der Waals surface area contributed by atoms with Crippen molar-refractivity contribution in [1.82, 2.24) is 15.5 Å². The maximum atomic E-state index is 12.0. The molecule has 1 aliphatic carbocycles. The Labute approximate surface area is 144 Å². The number of rotatable bonds is 7. The minimum Gasteiger partial charge on any atom is -0.485 e. The minimum absolute atomic E-state index is 0.0534. The molecule has 1 saturated carbocycles. The predicted octanol–water partition coefficient (Wildman–Crippen LogP) is 1.35. The zero-order chi connectivity index (χ0) is 17.6. The normalized spacial score (nSPS) is 14.4. The number of nitrogens with two attached hydrogens (primary N) is 1. The molecule has 0 spiro atoms. The van der Waals surface area contributed by atoms with Crippen LogP contribution in [0.1, 0.15) is 47.8 Å². The molecule has 2 aromatic rings. The van der Waals surface area contributed by atoms with Crippen LogP contribution in [0.25, 0.3) is 0 Å². The lowest BCUT2D eigenvalue weighted by Gasteiger charge is -2.08. The highest BCUT2D eigenvalue weighted by atomic mass is 16.5. The number of nitrogens with zero attached hydrogens (tertiary/aromatic N) is 2. The van der Waals surface area contributed by atoms with Gasteiger partial charge in [0.1, 0.15) is 5.75 Å². The first-order valence-corrected chi connectivity index (χ1v) is 8.23. The van der Waals surface area contributed by atoms with Gasteiger partial charge in [0.15, 0.2) is 6.61 Å². The Kier molecular flexibility index (Phi) is 5.27. The van der Waals surface area contributed by atoms with Gasteiger partial charge in [0, 0.05) is 6.04 Å². The van der Waals surface area contributed by atoms with Crippen LogP contribution in [0.15, 0.2) is 28.8 Å². The summed E-state index contributed by atoms with van der Waals surface area (Å²) in [5.41, 5.74) is 5.96. The zero-order valence-electron chi connectivity index (χ0n) is 13.7. The van der Waals surface area contributed by atoms with Gasteiger partial charge in [-0.2, -0.15) is 4.98 Å². The maximum Gasteiger partial charge on any atom is 0.316 e. The monoisotopic (exact) mass is 344 g/mol. The molecular weight excluding hydrogens is 324 g/mol. The number of primary amides is 1. The summed E-state index contributed by atoms with van der Waals surface area (Å²) in [6, 6.07) is 7.17. The maximum absolute atomic E-state index is 12.0. The molecular formula is C17H20N4O4. The second-order valence-corrected chi connectivity index (χ2v) is 6.05. The van der Waals surface area contributed by atoms with Gasteiger partial charge in [-0.15, -0.1) is 0 Å². The zero-order valence-corrected chi connectivity index (χ0v) is 13.7. The summed E-state index contributed by atoms with van der Waals surface area (Å²) >= 11 is 0. The van der Waals surface area contributed by atoms with Crippen LogP contribution in [0, 0.1) is 0 Å². The molecule has 0 saturated heterocycles. The fourth-order valence-corrected chi connectivity index (χ4v) is 2.77. The van der Waals surface area contributed by atoms with Crippen molar-refractivity contribution in [3.05, 3.63) is 41.5 Å². The predicted molar refractivity (Wildman–Crippen MR) is 87.7 cm³/mol. The number of carbonyl (C=O) groups is 2.